The van der Waals surface area contributed by atoms with Gasteiger partial charge in [-0.25, -0.2) is 0 Å². The number of aliphatic imine (C=N–C) groups is 1. The van der Waals surface area contributed by atoms with Gasteiger partial charge < -0.3 is 5.11 Å². The average Bonchev–Trinajstić information content (AvgIpc) is 2.03. The van der Waals surface area contributed by atoms with Crippen LogP contribution in [0, 0.1) is 0 Å². The summed E-state index contributed by atoms with van der Waals surface area (Å²) in [7, 11) is 0. The maximum atomic E-state index is 9.25. The fourth-order valence-electron chi connectivity index (χ4n) is 0.786. The van der Waals surface area contributed by atoms with Crippen molar-refractivity contribution in [1.29, 1.82) is 0 Å². The highest BCUT2D eigenvalue weighted by atomic mass is 16.3. The van der Waals surface area contributed by atoms with Crippen LogP contribution in [0.4, 0.5) is 0 Å². The van der Waals surface area contributed by atoms with Crippen LogP contribution >= 0.6 is 0 Å². The molecular weight excluding hydrogens is 138 g/mol. The summed E-state index contributed by atoms with van der Waals surface area (Å²) in [5.74, 6) is 0.282. The molecule has 0 spiro atoms. The highest BCUT2D eigenvalue weighted by Gasteiger charge is 1.92. The number of phenolic OH excluding ortho intramolecular Hbond substituents is 1. The molecular formula is C9H11NO. The molecule has 0 bridgehead atoms. The van der Waals surface area contributed by atoms with Crippen molar-refractivity contribution < 1.29 is 5.11 Å². The average molecular weight is 149 g/mol. The first kappa shape index (κ1) is 7.79. The largest absolute Gasteiger partial charge is 0.507 e. The maximum Gasteiger partial charge on any atom is 0.124 e. The van der Waals surface area contributed by atoms with E-state index in [2.05, 4.69) is 4.99 Å². The van der Waals surface area contributed by atoms with Crippen molar-refractivity contribution in [1.82, 2.24) is 0 Å². The Morgan fingerprint density at radius 3 is 2.82 bits per heavy atom. The second kappa shape index (κ2) is 3.76. The summed E-state index contributed by atoms with van der Waals surface area (Å²) >= 11 is 0. The van der Waals surface area contributed by atoms with Crippen LogP contribution in [-0.2, 0) is 0 Å². The zero-order valence-electron chi connectivity index (χ0n) is 6.49. The van der Waals surface area contributed by atoms with Crippen molar-refractivity contribution in [2.24, 2.45) is 4.99 Å². The quantitative estimate of drug-likeness (QED) is 0.639. The molecule has 0 amide bonds. The van der Waals surface area contributed by atoms with Crippen LogP contribution in [0.2, 0.25) is 0 Å². The van der Waals surface area contributed by atoms with Gasteiger partial charge >= 0.3 is 0 Å². The Morgan fingerprint density at radius 2 is 2.18 bits per heavy atom. The first-order chi connectivity index (χ1) is 5.34. The van der Waals surface area contributed by atoms with E-state index in [1.165, 1.54) is 0 Å². The molecule has 0 heterocycles. The number of rotatable bonds is 2. The minimum absolute atomic E-state index is 0.282. The second-order valence-electron chi connectivity index (χ2n) is 2.19. The molecule has 0 aromatic heterocycles. The summed E-state index contributed by atoms with van der Waals surface area (Å²) in [6.07, 6.45) is 1.68. The molecule has 2 nitrogen and oxygen atoms in total. The van der Waals surface area contributed by atoms with E-state index in [0.717, 1.165) is 12.1 Å². The lowest BCUT2D eigenvalue weighted by atomic mass is 10.2. The summed E-state index contributed by atoms with van der Waals surface area (Å²) in [6.45, 7) is 2.70. The van der Waals surface area contributed by atoms with Gasteiger partial charge in [-0.1, -0.05) is 12.1 Å². The van der Waals surface area contributed by atoms with E-state index in [9.17, 15) is 5.11 Å². The zero-order chi connectivity index (χ0) is 8.10. The number of hydrogen-bond acceptors (Lipinski definition) is 2. The molecule has 0 atom stereocenters. The van der Waals surface area contributed by atoms with E-state index < -0.39 is 0 Å². The predicted molar refractivity (Wildman–Crippen MR) is 46.2 cm³/mol. The molecule has 11 heavy (non-hydrogen) atoms. The van der Waals surface area contributed by atoms with E-state index in [-0.39, 0.29) is 5.75 Å². The fourth-order valence-corrected chi connectivity index (χ4v) is 0.786. The molecule has 0 saturated carbocycles. The molecule has 2 heteroatoms. The van der Waals surface area contributed by atoms with Crippen molar-refractivity contribution in [2.45, 2.75) is 6.92 Å². The van der Waals surface area contributed by atoms with E-state index in [1.54, 1.807) is 18.3 Å². The van der Waals surface area contributed by atoms with Gasteiger partial charge in [-0.05, 0) is 19.1 Å². The molecule has 0 fully saturated rings. The molecule has 0 aliphatic rings. The summed E-state index contributed by atoms with van der Waals surface area (Å²) < 4.78 is 0. The lowest BCUT2D eigenvalue weighted by Crippen LogP contribution is -1.81. The predicted octanol–water partition coefficient (Wildman–Crippen LogP) is 1.83. The van der Waals surface area contributed by atoms with Gasteiger partial charge in [-0.3, -0.25) is 4.99 Å². The Kier molecular flexibility index (Phi) is 2.66. The van der Waals surface area contributed by atoms with E-state index in [4.69, 9.17) is 0 Å². The van der Waals surface area contributed by atoms with Gasteiger partial charge in [0.25, 0.3) is 0 Å². The Balaban J connectivity index is 2.86. The second-order valence-corrected chi connectivity index (χ2v) is 2.19. The number of nitrogens with zero attached hydrogens (tertiary/aromatic N) is 1. The van der Waals surface area contributed by atoms with Crippen LogP contribution in [0.15, 0.2) is 29.3 Å². The minimum atomic E-state index is 0.282. The molecule has 1 aromatic rings. The van der Waals surface area contributed by atoms with Gasteiger partial charge in [0, 0.05) is 18.3 Å². The molecule has 1 rings (SSSR count). The molecule has 0 unspecified atom stereocenters. The smallest absolute Gasteiger partial charge is 0.124 e. The minimum Gasteiger partial charge on any atom is -0.507 e. The SMILES string of the molecule is CC/N=C\c1ccccc1O. The number of aromatic hydroxyl groups is 1. The summed E-state index contributed by atoms with van der Waals surface area (Å²) in [4.78, 5) is 4.02. The topological polar surface area (TPSA) is 32.6 Å². The number of hydrogen-bond donors (Lipinski definition) is 1. The first-order valence-electron chi connectivity index (χ1n) is 3.62. The monoisotopic (exact) mass is 149 g/mol. The van der Waals surface area contributed by atoms with Crippen molar-refractivity contribution in [3.8, 4) is 5.75 Å². The third-order valence-electron chi connectivity index (χ3n) is 1.35. The van der Waals surface area contributed by atoms with Crippen molar-refractivity contribution in [3.63, 3.8) is 0 Å². The summed E-state index contributed by atoms with van der Waals surface area (Å²) in [5.41, 5.74) is 0.773. The van der Waals surface area contributed by atoms with Crippen LogP contribution in [0.5, 0.6) is 5.75 Å². The Morgan fingerprint density at radius 1 is 1.45 bits per heavy atom. The zero-order valence-corrected chi connectivity index (χ0v) is 6.49. The fraction of sp³-hybridized carbons (Fsp3) is 0.222. The van der Waals surface area contributed by atoms with Crippen LogP contribution < -0.4 is 0 Å². The van der Waals surface area contributed by atoms with Crippen LogP contribution in [-0.4, -0.2) is 17.9 Å². The number of para-hydroxylation sites is 1. The van der Waals surface area contributed by atoms with E-state index >= 15 is 0 Å². The van der Waals surface area contributed by atoms with E-state index in [1.807, 2.05) is 19.1 Å². The van der Waals surface area contributed by atoms with Gasteiger partial charge in [0.15, 0.2) is 0 Å². The van der Waals surface area contributed by atoms with Crippen LogP contribution in [0.1, 0.15) is 12.5 Å². The highest BCUT2D eigenvalue weighted by Crippen LogP contribution is 2.12. The third kappa shape index (κ3) is 2.08. The molecule has 1 N–H and O–H groups in total. The van der Waals surface area contributed by atoms with Gasteiger partial charge in [0.2, 0.25) is 0 Å². The van der Waals surface area contributed by atoms with Crippen LogP contribution in [0.3, 0.4) is 0 Å². The molecule has 0 radical (unpaired) electrons. The van der Waals surface area contributed by atoms with E-state index in [0.29, 0.717) is 0 Å². The normalized spacial score (nSPS) is 10.6. The Hall–Kier alpha value is -1.31. The van der Waals surface area contributed by atoms with Gasteiger partial charge in [-0.15, -0.1) is 0 Å². The molecule has 0 aliphatic heterocycles. The van der Waals surface area contributed by atoms with Crippen molar-refractivity contribution >= 4 is 6.21 Å². The van der Waals surface area contributed by atoms with Gasteiger partial charge in [-0.2, -0.15) is 0 Å². The number of phenols is 1. The summed E-state index contributed by atoms with van der Waals surface area (Å²) in [6, 6.07) is 7.14. The van der Waals surface area contributed by atoms with Gasteiger partial charge in [0.1, 0.15) is 5.75 Å². The molecule has 0 saturated heterocycles. The van der Waals surface area contributed by atoms with Crippen LogP contribution in [0.25, 0.3) is 0 Å². The standard InChI is InChI=1S/C9H11NO/c1-2-10-7-8-5-3-4-6-9(8)11/h3-7,11H,2H2,1H3/b10-7-. The Labute approximate surface area is 66.2 Å². The van der Waals surface area contributed by atoms with Gasteiger partial charge in [0.05, 0.1) is 0 Å². The molecule has 58 valence electrons. The van der Waals surface area contributed by atoms with Crippen molar-refractivity contribution in [3.05, 3.63) is 29.8 Å². The number of benzene rings is 1. The highest BCUT2D eigenvalue weighted by molar-refractivity contribution is 5.83. The first-order valence-corrected chi connectivity index (χ1v) is 3.62. The third-order valence-corrected chi connectivity index (χ3v) is 1.35. The molecule has 0 aliphatic carbocycles. The van der Waals surface area contributed by atoms with Crippen molar-refractivity contribution in [2.75, 3.05) is 6.54 Å². The lowest BCUT2D eigenvalue weighted by molar-refractivity contribution is 0.474. The lowest BCUT2D eigenvalue weighted by Gasteiger charge is -1.94. The Bertz CT molecular complexity index is 255. The molecule has 1 aromatic carbocycles. The summed E-state index contributed by atoms with van der Waals surface area (Å²) in [5, 5.41) is 9.25. The maximum absolute atomic E-state index is 9.25.